The van der Waals surface area contributed by atoms with Crippen molar-refractivity contribution in [1.82, 2.24) is 4.90 Å². The molecule has 3 nitrogen and oxygen atoms in total. The van der Waals surface area contributed by atoms with Gasteiger partial charge in [-0.05, 0) is 32.0 Å². The van der Waals surface area contributed by atoms with Crippen molar-refractivity contribution in [2.45, 2.75) is 18.9 Å². The number of hydrogen-bond donors (Lipinski definition) is 2. The van der Waals surface area contributed by atoms with Gasteiger partial charge in [0.25, 0.3) is 0 Å². The highest BCUT2D eigenvalue weighted by atomic mass is 16.3. The van der Waals surface area contributed by atoms with Gasteiger partial charge in [0.2, 0.25) is 0 Å². The van der Waals surface area contributed by atoms with E-state index in [0.29, 0.717) is 12.3 Å². The quantitative estimate of drug-likeness (QED) is 0.787. The van der Waals surface area contributed by atoms with Gasteiger partial charge in [-0.25, -0.2) is 0 Å². The molecular weight excluding hydrogens is 188 g/mol. The summed E-state index contributed by atoms with van der Waals surface area (Å²) in [6.07, 6.45) is 2.48. The van der Waals surface area contributed by atoms with E-state index in [1.165, 1.54) is 12.8 Å². The summed E-state index contributed by atoms with van der Waals surface area (Å²) in [7, 11) is 0. The lowest BCUT2D eigenvalue weighted by Crippen LogP contribution is -2.31. The lowest BCUT2D eigenvalue weighted by atomic mass is 10.0. The third-order valence-electron chi connectivity index (χ3n) is 3.10. The third kappa shape index (κ3) is 2.13. The normalized spacial score (nSPS) is 19.3. The smallest absolute Gasteiger partial charge is 0.120 e. The number of nitrogens with zero attached hydrogens (tertiary/aromatic N) is 1. The standard InChI is InChI=1S/C12H18N2O/c13-9-11(14-7-3-4-8-14)10-5-1-2-6-12(10)15/h1-2,5-6,11,15H,3-4,7-9,13H2. The molecule has 3 heteroatoms. The monoisotopic (exact) mass is 206 g/mol. The Morgan fingerprint density at radius 2 is 1.93 bits per heavy atom. The van der Waals surface area contributed by atoms with Crippen LogP contribution in [0, 0.1) is 0 Å². The minimum atomic E-state index is 0.175. The van der Waals surface area contributed by atoms with Crippen molar-refractivity contribution in [2.24, 2.45) is 5.73 Å². The first-order valence-corrected chi connectivity index (χ1v) is 5.55. The van der Waals surface area contributed by atoms with E-state index in [2.05, 4.69) is 4.90 Å². The van der Waals surface area contributed by atoms with Crippen LogP contribution < -0.4 is 5.73 Å². The molecule has 1 heterocycles. The fraction of sp³-hybridized carbons (Fsp3) is 0.500. The molecule has 0 radical (unpaired) electrons. The van der Waals surface area contributed by atoms with Crippen LogP contribution in [-0.4, -0.2) is 29.6 Å². The first-order valence-electron chi connectivity index (χ1n) is 5.55. The maximum atomic E-state index is 9.79. The third-order valence-corrected chi connectivity index (χ3v) is 3.10. The Bertz CT molecular complexity index is 321. The summed E-state index contributed by atoms with van der Waals surface area (Å²) in [6.45, 7) is 2.75. The Balaban J connectivity index is 2.22. The molecule has 3 N–H and O–H groups in total. The molecule has 1 aliphatic heterocycles. The maximum Gasteiger partial charge on any atom is 0.120 e. The molecule has 0 saturated carbocycles. The van der Waals surface area contributed by atoms with Crippen LogP contribution in [0.25, 0.3) is 0 Å². The molecular formula is C12H18N2O. The van der Waals surface area contributed by atoms with Crippen molar-refractivity contribution >= 4 is 0 Å². The topological polar surface area (TPSA) is 49.5 Å². The number of hydrogen-bond acceptors (Lipinski definition) is 3. The van der Waals surface area contributed by atoms with Crippen molar-refractivity contribution in [1.29, 1.82) is 0 Å². The summed E-state index contributed by atoms with van der Waals surface area (Å²) in [6, 6.07) is 7.66. The van der Waals surface area contributed by atoms with E-state index < -0.39 is 0 Å². The van der Waals surface area contributed by atoms with Crippen LogP contribution in [0.1, 0.15) is 24.4 Å². The molecule has 2 rings (SSSR count). The first kappa shape index (κ1) is 10.5. The van der Waals surface area contributed by atoms with Gasteiger partial charge < -0.3 is 10.8 Å². The van der Waals surface area contributed by atoms with Crippen LogP contribution in [0.3, 0.4) is 0 Å². The predicted octanol–water partition coefficient (Wildman–Crippen LogP) is 1.49. The van der Waals surface area contributed by atoms with Crippen molar-refractivity contribution < 1.29 is 5.11 Å². The number of nitrogens with two attached hydrogens (primary N) is 1. The molecule has 0 amide bonds. The molecule has 1 fully saturated rings. The summed E-state index contributed by atoms with van der Waals surface area (Å²) in [4.78, 5) is 2.36. The summed E-state index contributed by atoms with van der Waals surface area (Å²) in [5, 5.41) is 9.79. The summed E-state index contributed by atoms with van der Waals surface area (Å²) < 4.78 is 0. The van der Waals surface area contributed by atoms with E-state index in [4.69, 9.17) is 5.73 Å². The number of phenols is 1. The summed E-state index contributed by atoms with van der Waals surface area (Å²) in [5.41, 5.74) is 6.76. The molecule has 1 saturated heterocycles. The van der Waals surface area contributed by atoms with Gasteiger partial charge in [-0.2, -0.15) is 0 Å². The molecule has 0 bridgehead atoms. The van der Waals surface area contributed by atoms with Crippen LogP contribution in [0.2, 0.25) is 0 Å². The van der Waals surface area contributed by atoms with Crippen LogP contribution in [0.5, 0.6) is 5.75 Å². The fourth-order valence-electron chi connectivity index (χ4n) is 2.30. The molecule has 1 aliphatic rings. The number of phenolic OH excluding ortho intramolecular Hbond substituents is 1. The Morgan fingerprint density at radius 3 is 2.53 bits per heavy atom. The van der Waals surface area contributed by atoms with Gasteiger partial charge in [0, 0.05) is 12.1 Å². The highest BCUT2D eigenvalue weighted by Crippen LogP contribution is 2.29. The van der Waals surface area contributed by atoms with Gasteiger partial charge in [0.05, 0.1) is 6.04 Å². The number of rotatable bonds is 3. The van der Waals surface area contributed by atoms with E-state index in [0.717, 1.165) is 18.7 Å². The molecule has 0 spiro atoms. The van der Waals surface area contributed by atoms with Gasteiger partial charge in [-0.1, -0.05) is 18.2 Å². The van der Waals surface area contributed by atoms with Gasteiger partial charge >= 0.3 is 0 Å². The second-order valence-electron chi connectivity index (χ2n) is 4.05. The SMILES string of the molecule is NCC(c1ccccc1O)N1CCCC1. The van der Waals surface area contributed by atoms with E-state index in [-0.39, 0.29) is 6.04 Å². The van der Waals surface area contributed by atoms with Crippen LogP contribution in [0.4, 0.5) is 0 Å². The van der Waals surface area contributed by atoms with Gasteiger partial charge in [-0.15, -0.1) is 0 Å². The fourth-order valence-corrected chi connectivity index (χ4v) is 2.30. The summed E-state index contributed by atoms with van der Waals surface area (Å²) >= 11 is 0. The molecule has 15 heavy (non-hydrogen) atoms. The Labute approximate surface area is 90.5 Å². The number of likely N-dealkylation sites (tertiary alicyclic amines) is 1. The second-order valence-corrected chi connectivity index (χ2v) is 4.05. The van der Waals surface area contributed by atoms with Crippen molar-refractivity contribution in [2.75, 3.05) is 19.6 Å². The zero-order chi connectivity index (χ0) is 10.7. The maximum absolute atomic E-state index is 9.79. The van der Waals surface area contributed by atoms with Gasteiger partial charge in [-0.3, -0.25) is 4.90 Å². The van der Waals surface area contributed by atoms with Crippen molar-refractivity contribution in [3.8, 4) is 5.75 Å². The molecule has 0 aliphatic carbocycles. The molecule has 1 aromatic rings. The van der Waals surface area contributed by atoms with E-state index in [1.807, 2.05) is 18.2 Å². The lowest BCUT2D eigenvalue weighted by molar-refractivity contribution is 0.246. The van der Waals surface area contributed by atoms with E-state index in [1.54, 1.807) is 6.07 Å². The lowest BCUT2D eigenvalue weighted by Gasteiger charge is -2.27. The molecule has 1 aromatic carbocycles. The van der Waals surface area contributed by atoms with Crippen LogP contribution >= 0.6 is 0 Å². The molecule has 0 aromatic heterocycles. The summed E-state index contributed by atoms with van der Waals surface area (Å²) in [5.74, 6) is 0.361. The number of para-hydroxylation sites is 1. The zero-order valence-electron chi connectivity index (χ0n) is 8.89. The number of aromatic hydroxyl groups is 1. The second kappa shape index (κ2) is 4.64. The zero-order valence-corrected chi connectivity index (χ0v) is 8.89. The molecule has 1 atom stereocenters. The molecule has 1 unspecified atom stereocenters. The van der Waals surface area contributed by atoms with Crippen LogP contribution in [-0.2, 0) is 0 Å². The average molecular weight is 206 g/mol. The van der Waals surface area contributed by atoms with Crippen LogP contribution in [0.15, 0.2) is 24.3 Å². The van der Waals surface area contributed by atoms with E-state index >= 15 is 0 Å². The van der Waals surface area contributed by atoms with Crippen molar-refractivity contribution in [3.05, 3.63) is 29.8 Å². The Morgan fingerprint density at radius 1 is 1.27 bits per heavy atom. The highest BCUT2D eigenvalue weighted by Gasteiger charge is 2.23. The minimum Gasteiger partial charge on any atom is -0.508 e. The highest BCUT2D eigenvalue weighted by molar-refractivity contribution is 5.34. The predicted molar refractivity (Wildman–Crippen MR) is 60.7 cm³/mol. The Kier molecular flexibility index (Phi) is 3.23. The first-order chi connectivity index (χ1) is 7.33. The Hall–Kier alpha value is -1.06. The van der Waals surface area contributed by atoms with Gasteiger partial charge in [0.15, 0.2) is 0 Å². The van der Waals surface area contributed by atoms with E-state index in [9.17, 15) is 5.11 Å². The average Bonchev–Trinajstić information content (AvgIpc) is 2.75. The van der Waals surface area contributed by atoms with Crippen molar-refractivity contribution in [3.63, 3.8) is 0 Å². The number of benzene rings is 1. The minimum absolute atomic E-state index is 0.175. The van der Waals surface area contributed by atoms with Gasteiger partial charge in [0.1, 0.15) is 5.75 Å². The molecule has 82 valence electrons. The largest absolute Gasteiger partial charge is 0.508 e.